The zero-order chi connectivity index (χ0) is 21.5. The number of rotatable bonds is 5. The van der Waals surface area contributed by atoms with Crippen LogP contribution in [0.5, 0.6) is 0 Å². The van der Waals surface area contributed by atoms with E-state index < -0.39 is 14.4 Å². The number of nitrogens with zero attached hydrogens (tertiary/aromatic N) is 1. The van der Waals surface area contributed by atoms with E-state index in [-0.39, 0.29) is 35.8 Å². The normalized spacial score (nSPS) is 26.2. The van der Waals surface area contributed by atoms with Crippen molar-refractivity contribution in [1.82, 2.24) is 4.90 Å². The molecule has 2 aromatic carbocycles. The molecule has 0 aromatic heterocycles. The molecular formula is C24H31NO4Si. The second kappa shape index (κ2) is 7.83. The van der Waals surface area contributed by atoms with Gasteiger partial charge in [0.1, 0.15) is 0 Å². The third kappa shape index (κ3) is 3.27. The molecule has 1 heterocycles. The average molecular weight is 426 g/mol. The van der Waals surface area contributed by atoms with Gasteiger partial charge < -0.3 is 14.6 Å². The fourth-order valence-electron chi connectivity index (χ4n) is 5.69. The Morgan fingerprint density at radius 3 is 2.00 bits per heavy atom. The third-order valence-corrected chi connectivity index (χ3v) is 12.0. The molecule has 0 spiro atoms. The van der Waals surface area contributed by atoms with Gasteiger partial charge in [-0.1, -0.05) is 81.4 Å². The van der Waals surface area contributed by atoms with E-state index in [0.29, 0.717) is 6.42 Å². The number of hydrogen-bond acceptors (Lipinski definition) is 3. The van der Waals surface area contributed by atoms with E-state index in [1.165, 1.54) is 15.3 Å². The number of aliphatic hydroxyl groups excluding tert-OH is 1. The van der Waals surface area contributed by atoms with E-state index in [9.17, 15) is 15.0 Å². The zero-order valence-corrected chi connectivity index (χ0v) is 18.9. The van der Waals surface area contributed by atoms with Crippen molar-refractivity contribution in [1.29, 1.82) is 0 Å². The quantitative estimate of drug-likeness (QED) is 0.723. The average Bonchev–Trinajstić information content (AvgIpc) is 3.30. The number of carbonyl (C=O) groups is 1. The molecule has 1 saturated heterocycles. The first-order chi connectivity index (χ1) is 14.3. The number of piperidine rings is 1. The van der Waals surface area contributed by atoms with E-state index in [2.05, 4.69) is 69.3 Å². The molecule has 30 heavy (non-hydrogen) atoms. The van der Waals surface area contributed by atoms with E-state index >= 15 is 0 Å². The summed E-state index contributed by atoms with van der Waals surface area (Å²) in [4.78, 5) is 13.2. The topological polar surface area (TPSA) is 70.0 Å². The highest BCUT2D eigenvalue weighted by Gasteiger charge is 2.58. The summed E-state index contributed by atoms with van der Waals surface area (Å²) < 4.78 is 7.24. The van der Waals surface area contributed by atoms with Gasteiger partial charge >= 0.3 is 6.09 Å². The summed E-state index contributed by atoms with van der Waals surface area (Å²) in [5.74, 6) is 0.0257. The number of carboxylic acid groups (broad SMARTS) is 1. The highest BCUT2D eigenvalue weighted by molar-refractivity contribution is 6.99. The molecular weight excluding hydrogens is 394 g/mol. The Bertz CT molecular complexity index is 844. The van der Waals surface area contributed by atoms with Crippen LogP contribution in [0.2, 0.25) is 5.04 Å². The number of hydrogen-bond donors (Lipinski definition) is 2. The summed E-state index contributed by atoms with van der Waals surface area (Å²) in [5.41, 5.74) is 0. The van der Waals surface area contributed by atoms with Gasteiger partial charge in [0.05, 0.1) is 18.8 Å². The fraction of sp³-hybridized carbons (Fsp3) is 0.458. The van der Waals surface area contributed by atoms with Gasteiger partial charge in [-0.15, -0.1) is 0 Å². The molecule has 5 nitrogen and oxygen atoms in total. The highest BCUT2D eigenvalue weighted by Crippen LogP contribution is 2.47. The van der Waals surface area contributed by atoms with Crippen LogP contribution in [0.1, 0.15) is 33.6 Å². The molecule has 160 valence electrons. The minimum Gasteiger partial charge on any atom is -0.465 e. The summed E-state index contributed by atoms with van der Waals surface area (Å²) in [5, 5.41) is 21.9. The van der Waals surface area contributed by atoms with Crippen LogP contribution in [0, 0.1) is 5.92 Å². The standard InChI is InChI=1S/C24H31NO4Si/c1-24(2,3)30(18-10-6-4-7-11-18,19-12-8-5-9-13-19)29-22-15-17-14-20(22)21(16-26)25(17)23(27)28/h4-13,17,20-22,26H,14-16H2,1-3H3,(H,27,28)/t17-,20-,21+,22+/m0/s1. The number of fused-ring (bicyclic) bond motifs is 2. The molecule has 2 N–H and O–H groups in total. The van der Waals surface area contributed by atoms with Gasteiger partial charge in [-0.3, -0.25) is 4.90 Å². The van der Waals surface area contributed by atoms with Gasteiger partial charge in [0, 0.05) is 12.0 Å². The van der Waals surface area contributed by atoms with Gasteiger partial charge in [-0.25, -0.2) is 4.79 Å². The SMILES string of the molecule is CC(C)(C)[Si](O[C@@H]1C[C@@H]2C[C@H]1[C@@H](CO)N2C(=O)O)(c1ccccc1)c1ccccc1. The van der Waals surface area contributed by atoms with Gasteiger partial charge in [-0.2, -0.15) is 0 Å². The highest BCUT2D eigenvalue weighted by atomic mass is 28.4. The van der Waals surface area contributed by atoms with Crippen molar-refractivity contribution in [3.8, 4) is 0 Å². The van der Waals surface area contributed by atoms with Crippen molar-refractivity contribution in [3.63, 3.8) is 0 Å². The van der Waals surface area contributed by atoms with Crippen LogP contribution < -0.4 is 10.4 Å². The second-order valence-electron chi connectivity index (χ2n) is 9.55. The Kier molecular flexibility index (Phi) is 5.51. The van der Waals surface area contributed by atoms with Crippen LogP contribution in [0.25, 0.3) is 0 Å². The van der Waals surface area contributed by atoms with E-state index in [0.717, 1.165) is 6.42 Å². The summed E-state index contributed by atoms with van der Waals surface area (Å²) in [6.45, 7) is 6.59. The molecule has 2 fully saturated rings. The number of likely N-dealkylation sites (tertiary alicyclic amines) is 1. The lowest BCUT2D eigenvalue weighted by Gasteiger charge is -2.47. The molecule has 0 radical (unpaired) electrons. The van der Waals surface area contributed by atoms with Crippen LogP contribution in [-0.2, 0) is 4.43 Å². The monoisotopic (exact) mass is 425 g/mol. The lowest BCUT2D eigenvalue weighted by atomic mass is 9.97. The molecule has 1 amide bonds. The van der Waals surface area contributed by atoms with Gasteiger partial charge in [0.2, 0.25) is 0 Å². The maximum absolute atomic E-state index is 11.7. The van der Waals surface area contributed by atoms with Crippen molar-refractivity contribution in [2.45, 2.75) is 56.8 Å². The smallest absolute Gasteiger partial charge is 0.407 e. The van der Waals surface area contributed by atoms with Gasteiger partial charge in [0.25, 0.3) is 8.32 Å². The Morgan fingerprint density at radius 2 is 1.57 bits per heavy atom. The first-order valence-electron chi connectivity index (χ1n) is 10.7. The van der Waals surface area contributed by atoms with Crippen molar-refractivity contribution < 1.29 is 19.4 Å². The van der Waals surface area contributed by atoms with Gasteiger partial charge in [0.15, 0.2) is 0 Å². The largest absolute Gasteiger partial charge is 0.465 e. The number of amides is 1. The number of aliphatic hydroxyl groups is 1. The lowest BCUT2D eigenvalue weighted by molar-refractivity contribution is 0.0208. The Labute approximate surface area is 179 Å². The van der Waals surface area contributed by atoms with Crippen molar-refractivity contribution in [2.75, 3.05) is 6.61 Å². The molecule has 1 saturated carbocycles. The van der Waals surface area contributed by atoms with Crippen LogP contribution >= 0.6 is 0 Å². The summed E-state index contributed by atoms with van der Waals surface area (Å²) >= 11 is 0. The Balaban J connectivity index is 1.78. The maximum atomic E-state index is 11.7. The molecule has 6 heteroatoms. The van der Waals surface area contributed by atoms with Gasteiger partial charge in [-0.05, 0) is 28.3 Å². The first kappa shape index (κ1) is 21.1. The summed E-state index contributed by atoms with van der Waals surface area (Å²) in [6, 6.07) is 20.6. The molecule has 0 unspecified atom stereocenters. The lowest BCUT2D eigenvalue weighted by Crippen LogP contribution is -2.68. The predicted octanol–water partition coefficient (Wildman–Crippen LogP) is 3.06. The second-order valence-corrected chi connectivity index (χ2v) is 13.8. The molecule has 2 aliphatic rings. The minimum atomic E-state index is -2.69. The van der Waals surface area contributed by atoms with E-state index in [1.54, 1.807) is 0 Å². The molecule has 2 bridgehead atoms. The molecule has 1 aliphatic heterocycles. The van der Waals surface area contributed by atoms with E-state index in [1.807, 2.05) is 12.1 Å². The van der Waals surface area contributed by atoms with Crippen molar-refractivity contribution in [2.24, 2.45) is 5.92 Å². The van der Waals surface area contributed by atoms with Crippen LogP contribution in [0.4, 0.5) is 4.79 Å². The van der Waals surface area contributed by atoms with Crippen LogP contribution in [-0.4, -0.2) is 54.3 Å². The molecule has 4 rings (SSSR count). The molecule has 1 aliphatic carbocycles. The van der Waals surface area contributed by atoms with E-state index in [4.69, 9.17) is 4.43 Å². The zero-order valence-electron chi connectivity index (χ0n) is 17.9. The third-order valence-electron chi connectivity index (χ3n) is 6.92. The molecule has 2 aromatic rings. The maximum Gasteiger partial charge on any atom is 0.407 e. The first-order valence-corrected chi connectivity index (χ1v) is 12.6. The Morgan fingerprint density at radius 1 is 1.03 bits per heavy atom. The molecule has 4 atom stereocenters. The minimum absolute atomic E-state index is 0.0257. The van der Waals surface area contributed by atoms with Crippen LogP contribution in [0.15, 0.2) is 60.7 Å². The number of benzene rings is 2. The van der Waals surface area contributed by atoms with Crippen molar-refractivity contribution >= 4 is 24.8 Å². The van der Waals surface area contributed by atoms with Crippen LogP contribution in [0.3, 0.4) is 0 Å². The predicted molar refractivity (Wildman–Crippen MR) is 120 cm³/mol. The fourth-order valence-corrected chi connectivity index (χ4v) is 10.4. The summed E-state index contributed by atoms with van der Waals surface area (Å²) in [7, 11) is -2.69. The summed E-state index contributed by atoms with van der Waals surface area (Å²) in [6.07, 6.45) is 0.456. The van der Waals surface area contributed by atoms with Crippen molar-refractivity contribution in [3.05, 3.63) is 60.7 Å². The Hall–Kier alpha value is -2.15.